The summed E-state index contributed by atoms with van der Waals surface area (Å²) in [6.07, 6.45) is 2.19. The fourth-order valence-corrected chi connectivity index (χ4v) is 2.74. The van der Waals surface area contributed by atoms with Gasteiger partial charge in [-0.25, -0.2) is 0 Å². The number of halogens is 1. The van der Waals surface area contributed by atoms with Gasteiger partial charge >= 0.3 is 0 Å². The Morgan fingerprint density at radius 1 is 1.29 bits per heavy atom. The van der Waals surface area contributed by atoms with Crippen LogP contribution in [0.25, 0.3) is 0 Å². The first kappa shape index (κ1) is 20.8. The summed E-state index contributed by atoms with van der Waals surface area (Å²) >= 11 is 0. The monoisotopic (exact) mass is 449 g/mol. The maximum atomic E-state index is 5.78. The highest BCUT2D eigenvalue weighted by molar-refractivity contribution is 14.0. The summed E-state index contributed by atoms with van der Waals surface area (Å²) in [5.41, 5.74) is 0.906. The van der Waals surface area contributed by atoms with Crippen LogP contribution in [0.5, 0.6) is 11.5 Å². The van der Waals surface area contributed by atoms with Crippen molar-refractivity contribution in [1.82, 2.24) is 10.6 Å². The highest BCUT2D eigenvalue weighted by Crippen LogP contribution is 2.30. The van der Waals surface area contributed by atoms with Gasteiger partial charge in [0, 0.05) is 32.3 Å². The quantitative estimate of drug-likeness (QED) is 0.397. The van der Waals surface area contributed by atoms with Crippen LogP contribution >= 0.6 is 24.0 Å². The number of benzene rings is 1. The number of methoxy groups -OCH3 is 2. The van der Waals surface area contributed by atoms with Gasteiger partial charge < -0.3 is 24.8 Å². The van der Waals surface area contributed by atoms with Crippen molar-refractivity contribution in [3.63, 3.8) is 0 Å². The third-order valence-electron chi connectivity index (χ3n) is 4.08. The number of nitrogens with zero attached hydrogens (tertiary/aromatic N) is 1. The molecule has 0 spiro atoms. The van der Waals surface area contributed by atoms with Crippen LogP contribution in [0.4, 0.5) is 0 Å². The van der Waals surface area contributed by atoms with Crippen molar-refractivity contribution in [1.29, 1.82) is 0 Å². The number of nitrogens with one attached hydrogen (secondary N) is 2. The van der Waals surface area contributed by atoms with E-state index in [4.69, 9.17) is 14.2 Å². The van der Waals surface area contributed by atoms with Crippen LogP contribution in [0.15, 0.2) is 23.2 Å². The first-order chi connectivity index (χ1) is 11.1. The van der Waals surface area contributed by atoms with Crippen LogP contribution in [-0.2, 0) is 11.3 Å². The maximum absolute atomic E-state index is 5.78. The van der Waals surface area contributed by atoms with Gasteiger partial charge in [0.2, 0.25) is 0 Å². The van der Waals surface area contributed by atoms with Crippen molar-refractivity contribution in [2.45, 2.75) is 31.9 Å². The minimum Gasteiger partial charge on any atom is -0.493 e. The van der Waals surface area contributed by atoms with Crippen LogP contribution in [0.1, 0.15) is 25.3 Å². The normalized spacial score (nSPS) is 20.2. The molecule has 0 radical (unpaired) electrons. The highest BCUT2D eigenvalue weighted by Gasteiger charge is 2.29. The Morgan fingerprint density at radius 3 is 2.67 bits per heavy atom. The molecule has 1 aliphatic rings. The van der Waals surface area contributed by atoms with E-state index in [0.29, 0.717) is 6.54 Å². The van der Waals surface area contributed by atoms with E-state index in [0.717, 1.165) is 49.0 Å². The molecule has 1 unspecified atom stereocenters. The number of rotatable bonds is 6. The first-order valence-corrected chi connectivity index (χ1v) is 7.90. The van der Waals surface area contributed by atoms with Gasteiger partial charge in [-0.1, -0.05) is 12.1 Å². The minimum atomic E-state index is -0.106. The van der Waals surface area contributed by atoms with Crippen LogP contribution < -0.4 is 20.1 Å². The first-order valence-electron chi connectivity index (χ1n) is 7.90. The summed E-state index contributed by atoms with van der Waals surface area (Å²) in [7, 11) is 5.04. The van der Waals surface area contributed by atoms with Gasteiger partial charge in [0.05, 0.1) is 19.8 Å². The van der Waals surface area contributed by atoms with Gasteiger partial charge in [0.15, 0.2) is 17.5 Å². The van der Waals surface area contributed by atoms with Crippen LogP contribution in [-0.4, -0.2) is 46.0 Å². The molecule has 6 nitrogen and oxygen atoms in total. The van der Waals surface area contributed by atoms with E-state index in [2.05, 4.69) is 22.5 Å². The molecular formula is C17H28IN3O3. The molecule has 7 heteroatoms. The van der Waals surface area contributed by atoms with Crippen LogP contribution in [0, 0.1) is 0 Å². The zero-order valence-electron chi connectivity index (χ0n) is 14.8. The van der Waals surface area contributed by atoms with E-state index in [9.17, 15) is 0 Å². The van der Waals surface area contributed by atoms with Crippen LogP contribution in [0.2, 0.25) is 0 Å². The number of guanidine groups is 1. The van der Waals surface area contributed by atoms with Crippen molar-refractivity contribution in [3.8, 4) is 11.5 Å². The number of aliphatic imine (C=N–C) groups is 1. The van der Waals surface area contributed by atoms with Crippen molar-refractivity contribution in [3.05, 3.63) is 23.8 Å². The average Bonchev–Trinajstić information content (AvgIpc) is 3.01. The molecule has 0 saturated carbocycles. The summed E-state index contributed by atoms with van der Waals surface area (Å²) < 4.78 is 16.6. The molecule has 1 aromatic rings. The lowest BCUT2D eigenvalue weighted by Crippen LogP contribution is -2.45. The lowest BCUT2D eigenvalue weighted by molar-refractivity contribution is 0.0243. The van der Waals surface area contributed by atoms with Gasteiger partial charge in [-0.05, 0) is 25.8 Å². The van der Waals surface area contributed by atoms with E-state index >= 15 is 0 Å². The van der Waals surface area contributed by atoms with Crippen molar-refractivity contribution >= 4 is 29.9 Å². The molecule has 136 valence electrons. The predicted molar refractivity (Wildman–Crippen MR) is 107 cm³/mol. The van der Waals surface area contributed by atoms with Gasteiger partial charge in [0.25, 0.3) is 0 Å². The van der Waals surface area contributed by atoms with Gasteiger partial charge in [0.1, 0.15) is 0 Å². The predicted octanol–water partition coefficient (Wildman–Crippen LogP) is 2.56. The molecule has 0 amide bonds. The number of hydrogen-bond acceptors (Lipinski definition) is 4. The Labute approximate surface area is 161 Å². The lowest BCUT2D eigenvalue weighted by Gasteiger charge is -2.24. The van der Waals surface area contributed by atoms with Crippen LogP contribution in [0.3, 0.4) is 0 Å². The molecule has 0 aromatic heterocycles. The molecule has 24 heavy (non-hydrogen) atoms. The largest absolute Gasteiger partial charge is 0.493 e. The van der Waals surface area contributed by atoms with Crippen molar-refractivity contribution in [2.75, 3.05) is 34.4 Å². The van der Waals surface area contributed by atoms with E-state index in [-0.39, 0.29) is 29.6 Å². The average molecular weight is 449 g/mol. The minimum absolute atomic E-state index is 0. The topological polar surface area (TPSA) is 64.1 Å². The second kappa shape index (κ2) is 9.93. The van der Waals surface area contributed by atoms with Gasteiger partial charge in [-0.2, -0.15) is 0 Å². The van der Waals surface area contributed by atoms with Gasteiger partial charge in [-0.3, -0.25) is 4.99 Å². The van der Waals surface area contributed by atoms with E-state index in [1.54, 1.807) is 21.3 Å². The second-order valence-electron chi connectivity index (χ2n) is 5.83. The summed E-state index contributed by atoms with van der Waals surface area (Å²) in [5.74, 6) is 2.21. The van der Waals surface area contributed by atoms with Crippen molar-refractivity contribution < 1.29 is 14.2 Å². The third-order valence-corrected chi connectivity index (χ3v) is 4.08. The Hall–Kier alpha value is -1.22. The zero-order valence-corrected chi connectivity index (χ0v) is 17.2. The smallest absolute Gasteiger partial charge is 0.191 e. The van der Waals surface area contributed by atoms with Crippen molar-refractivity contribution in [2.24, 2.45) is 4.99 Å². The summed E-state index contributed by atoms with van der Waals surface area (Å²) in [4.78, 5) is 4.26. The number of ether oxygens (including phenoxy) is 3. The summed E-state index contributed by atoms with van der Waals surface area (Å²) in [6, 6.07) is 5.83. The molecular weight excluding hydrogens is 421 g/mol. The molecule has 0 bridgehead atoms. The third kappa shape index (κ3) is 5.41. The molecule has 1 saturated heterocycles. The second-order valence-corrected chi connectivity index (χ2v) is 5.83. The highest BCUT2D eigenvalue weighted by atomic mass is 127. The van der Waals surface area contributed by atoms with E-state index in [1.165, 1.54) is 0 Å². The summed E-state index contributed by atoms with van der Waals surface area (Å²) in [5, 5.41) is 6.63. The Kier molecular flexibility index (Phi) is 8.61. The molecule has 0 aliphatic carbocycles. The fourth-order valence-electron chi connectivity index (χ4n) is 2.74. The number of para-hydroxylation sites is 1. The molecule has 1 aliphatic heterocycles. The van der Waals surface area contributed by atoms with Gasteiger partial charge in [-0.15, -0.1) is 24.0 Å². The zero-order chi connectivity index (χ0) is 16.7. The lowest BCUT2D eigenvalue weighted by atomic mass is 10.0. The molecule has 1 atom stereocenters. The molecule has 1 heterocycles. The molecule has 2 rings (SSSR count). The molecule has 2 N–H and O–H groups in total. The standard InChI is InChI=1S/C17H27N3O3.HI/c1-17(9-6-10-23-17)12-20-16(18-2)19-11-13-7-5-8-14(21-3)15(13)22-4;/h5,7-8H,6,9-12H2,1-4H3,(H2,18,19,20);1H. The molecule has 1 fully saturated rings. The molecule has 1 aromatic carbocycles. The Balaban J connectivity index is 0.00000288. The number of hydrogen-bond donors (Lipinski definition) is 2. The maximum Gasteiger partial charge on any atom is 0.191 e. The fraction of sp³-hybridized carbons (Fsp3) is 0.588. The Morgan fingerprint density at radius 2 is 2.08 bits per heavy atom. The SMILES string of the molecule is CN=C(NCc1cccc(OC)c1OC)NCC1(C)CCCO1.I. The van der Waals surface area contributed by atoms with E-state index < -0.39 is 0 Å². The summed E-state index contributed by atoms with van der Waals surface area (Å²) in [6.45, 7) is 4.30. The van der Waals surface area contributed by atoms with E-state index in [1.807, 2.05) is 18.2 Å². The Bertz CT molecular complexity index is 546.